The van der Waals surface area contributed by atoms with Crippen molar-refractivity contribution in [1.29, 1.82) is 0 Å². The van der Waals surface area contributed by atoms with Crippen LogP contribution in [-0.2, 0) is 0 Å². The Bertz CT molecular complexity index is 573. The lowest BCUT2D eigenvalue weighted by Gasteiger charge is -2.00. The predicted octanol–water partition coefficient (Wildman–Crippen LogP) is 1.14. The lowest BCUT2D eigenvalue weighted by molar-refractivity contribution is 0.0968. The maximum atomic E-state index is 11.3. The van der Waals surface area contributed by atoms with Gasteiger partial charge in [-0.05, 0) is 0 Å². The highest BCUT2D eigenvalue weighted by Crippen LogP contribution is 2.27. The predicted molar refractivity (Wildman–Crippen MR) is 61.2 cm³/mol. The molecule has 0 saturated carbocycles. The van der Waals surface area contributed by atoms with Gasteiger partial charge in [0.05, 0.1) is 11.1 Å². The van der Waals surface area contributed by atoms with E-state index in [4.69, 9.17) is 15.9 Å². The molecule has 2 rings (SSSR count). The van der Waals surface area contributed by atoms with Crippen LogP contribution in [0.2, 0.25) is 0 Å². The minimum absolute atomic E-state index is 0.00338. The molecule has 4 N–H and O–H groups in total. The van der Waals surface area contributed by atoms with Crippen LogP contribution in [0.3, 0.4) is 0 Å². The average molecular weight is 230 g/mol. The Hall–Kier alpha value is -2.56. The van der Waals surface area contributed by atoms with Gasteiger partial charge in [-0.2, -0.15) is 0 Å². The molecule has 0 unspecified atom stereocenters. The molecule has 1 heterocycles. The second-order valence-electron chi connectivity index (χ2n) is 3.45. The summed E-state index contributed by atoms with van der Waals surface area (Å²) in [5, 5.41) is 0. The summed E-state index contributed by atoms with van der Waals surface area (Å²) < 4.78 is 5.20. The van der Waals surface area contributed by atoms with Crippen molar-refractivity contribution in [2.45, 2.75) is 0 Å². The molecule has 17 heavy (non-hydrogen) atoms. The Labute approximate surface area is 97.0 Å². The number of hydrogen-bond acceptors (Lipinski definition) is 3. The molecule has 0 spiro atoms. The molecule has 0 bridgehead atoms. The molecular weight excluding hydrogens is 220 g/mol. The van der Waals surface area contributed by atoms with Crippen LogP contribution in [0.15, 0.2) is 41.0 Å². The molecule has 0 fully saturated rings. The lowest BCUT2D eigenvalue weighted by atomic mass is 10.0. The van der Waals surface area contributed by atoms with E-state index >= 15 is 0 Å². The molecule has 5 heteroatoms. The summed E-state index contributed by atoms with van der Waals surface area (Å²) in [6.45, 7) is 0. The van der Waals surface area contributed by atoms with Gasteiger partial charge in [-0.25, -0.2) is 0 Å². The van der Waals surface area contributed by atoms with Gasteiger partial charge in [0.2, 0.25) is 0 Å². The first-order chi connectivity index (χ1) is 8.11. The maximum absolute atomic E-state index is 11.3. The minimum Gasteiger partial charge on any atom is -0.463 e. The molecule has 1 aromatic carbocycles. The Balaban J connectivity index is 2.64. The summed E-state index contributed by atoms with van der Waals surface area (Å²) in [7, 11) is 0. The highest BCUT2D eigenvalue weighted by Gasteiger charge is 2.22. The van der Waals surface area contributed by atoms with Gasteiger partial charge in [0, 0.05) is 5.56 Å². The van der Waals surface area contributed by atoms with E-state index in [-0.39, 0.29) is 16.9 Å². The smallest absolute Gasteiger partial charge is 0.253 e. The zero-order valence-corrected chi connectivity index (χ0v) is 8.84. The third-order valence-electron chi connectivity index (χ3n) is 2.34. The van der Waals surface area contributed by atoms with E-state index < -0.39 is 11.8 Å². The largest absolute Gasteiger partial charge is 0.463 e. The molecule has 0 atom stereocenters. The van der Waals surface area contributed by atoms with Crippen molar-refractivity contribution in [3.8, 4) is 11.3 Å². The molecule has 0 radical (unpaired) electrons. The number of amides is 2. The van der Waals surface area contributed by atoms with Crippen LogP contribution in [0.25, 0.3) is 11.3 Å². The fourth-order valence-corrected chi connectivity index (χ4v) is 1.59. The number of furan rings is 1. The summed E-state index contributed by atoms with van der Waals surface area (Å²) >= 11 is 0. The molecule has 2 amide bonds. The summed E-state index contributed by atoms with van der Waals surface area (Å²) in [6, 6.07) is 8.89. The summed E-state index contributed by atoms with van der Waals surface area (Å²) in [6.07, 6.45) is 1.14. The molecule has 0 aliphatic heterocycles. The number of carbonyl (C=O) groups is 2. The first kappa shape index (κ1) is 10.9. The molecule has 5 nitrogen and oxygen atoms in total. The summed E-state index contributed by atoms with van der Waals surface area (Å²) in [5.41, 5.74) is 11.0. The number of carbonyl (C=O) groups excluding carboxylic acids is 2. The van der Waals surface area contributed by atoms with Crippen LogP contribution in [0.4, 0.5) is 0 Å². The number of benzene rings is 1. The van der Waals surface area contributed by atoms with Crippen LogP contribution in [0, 0.1) is 0 Å². The van der Waals surface area contributed by atoms with Crippen molar-refractivity contribution in [2.75, 3.05) is 0 Å². The molecule has 0 aliphatic rings. The van der Waals surface area contributed by atoms with E-state index in [1.165, 1.54) is 0 Å². The minimum atomic E-state index is -0.746. The van der Waals surface area contributed by atoms with Gasteiger partial charge in [0.1, 0.15) is 12.0 Å². The van der Waals surface area contributed by atoms with Crippen molar-refractivity contribution in [3.05, 3.63) is 47.7 Å². The number of hydrogen-bond donors (Lipinski definition) is 2. The Morgan fingerprint density at radius 3 is 2.18 bits per heavy atom. The van der Waals surface area contributed by atoms with E-state index in [0.29, 0.717) is 5.56 Å². The first-order valence-corrected chi connectivity index (χ1v) is 4.87. The fraction of sp³-hybridized carbons (Fsp3) is 0. The van der Waals surface area contributed by atoms with Crippen molar-refractivity contribution >= 4 is 11.8 Å². The van der Waals surface area contributed by atoms with Crippen molar-refractivity contribution in [2.24, 2.45) is 11.5 Å². The second kappa shape index (κ2) is 4.13. The van der Waals surface area contributed by atoms with Gasteiger partial charge in [0.25, 0.3) is 11.8 Å². The highest BCUT2D eigenvalue weighted by atomic mass is 16.3. The number of nitrogens with two attached hydrogens (primary N) is 2. The molecule has 0 aliphatic carbocycles. The fourth-order valence-electron chi connectivity index (χ4n) is 1.59. The number of rotatable bonds is 3. The van der Waals surface area contributed by atoms with Crippen molar-refractivity contribution < 1.29 is 14.0 Å². The first-order valence-electron chi connectivity index (χ1n) is 4.87. The van der Waals surface area contributed by atoms with Crippen LogP contribution in [-0.4, -0.2) is 11.8 Å². The number of primary amides is 2. The third kappa shape index (κ3) is 1.90. The van der Waals surface area contributed by atoms with Gasteiger partial charge >= 0.3 is 0 Å². The van der Waals surface area contributed by atoms with Gasteiger partial charge < -0.3 is 15.9 Å². The molecule has 86 valence electrons. The normalized spacial score (nSPS) is 10.1. The maximum Gasteiger partial charge on any atom is 0.253 e. The van der Waals surface area contributed by atoms with Gasteiger partial charge in [0.15, 0.2) is 0 Å². The third-order valence-corrected chi connectivity index (χ3v) is 2.34. The quantitative estimate of drug-likeness (QED) is 0.826. The average Bonchev–Trinajstić information content (AvgIpc) is 2.74. The van der Waals surface area contributed by atoms with E-state index in [1.807, 2.05) is 6.07 Å². The van der Waals surface area contributed by atoms with Gasteiger partial charge in [-0.15, -0.1) is 0 Å². The Morgan fingerprint density at radius 2 is 1.65 bits per heavy atom. The van der Waals surface area contributed by atoms with E-state index in [2.05, 4.69) is 0 Å². The molecule has 0 saturated heterocycles. The zero-order valence-electron chi connectivity index (χ0n) is 8.84. The topological polar surface area (TPSA) is 99.3 Å². The van der Waals surface area contributed by atoms with Crippen LogP contribution >= 0.6 is 0 Å². The molecule has 1 aromatic heterocycles. The Morgan fingerprint density at radius 1 is 1.00 bits per heavy atom. The van der Waals surface area contributed by atoms with E-state index in [1.54, 1.807) is 24.3 Å². The van der Waals surface area contributed by atoms with Gasteiger partial charge in [-0.3, -0.25) is 9.59 Å². The van der Waals surface area contributed by atoms with Gasteiger partial charge in [-0.1, -0.05) is 30.3 Å². The monoisotopic (exact) mass is 230 g/mol. The molecular formula is C12H10N2O3. The summed E-state index contributed by atoms with van der Waals surface area (Å²) in [4.78, 5) is 22.5. The highest BCUT2D eigenvalue weighted by molar-refractivity contribution is 6.09. The Kier molecular flexibility index (Phi) is 2.66. The lowest BCUT2D eigenvalue weighted by Crippen LogP contribution is -2.19. The van der Waals surface area contributed by atoms with Crippen LogP contribution in [0.1, 0.15) is 20.7 Å². The van der Waals surface area contributed by atoms with E-state index in [9.17, 15) is 9.59 Å². The second-order valence-corrected chi connectivity index (χ2v) is 3.45. The van der Waals surface area contributed by atoms with Crippen LogP contribution < -0.4 is 11.5 Å². The standard InChI is InChI=1S/C12H10N2O3/c13-11(15)8-6-17-10(9(8)12(14)16)7-4-2-1-3-5-7/h1-6H,(H2,13,15)(H2,14,16). The SMILES string of the molecule is NC(=O)c1coc(-c2ccccc2)c1C(N)=O. The molecule has 2 aromatic rings. The van der Waals surface area contributed by atoms with E-state index in [0.717, 1.165) is 6.26 Å². The van der Waals surface area contributed by atoms with Crippen molar-refractivity contribution in [1.82, 2.24) is 0 Å². The van der Waals surface area contributed by atoms with Crippen molar-refractivity contribution in [3.63, 3.8) is 0 Å². The summed E-state index contributed by atoms with van der Waals surface area (Å²) in [5.74, 6) is -1.23. The zero-order chi connectivity index (χ0) is 12.4. The van der Waals surface area contributed by atoms with Crippen LogP contribution in [0.5, 0.6) is 0 Å².